The molecular weight excluding hydrogens is 312 g/mol. The third-order valence-electron chi connectivity index (χ3n) is 4.01. The summed E-state index contributed by atoms with van der Waals surface area (Å²) in [4.78, 5) is 14.1. The average Bonchev–Trinajstić information content (AvgIpc) is 2.98. The van der Waals surface area contributed by atoms with E-state index in [1.54, 1.807) is 12.0 Å². The zero-order chi connectivity index (χ0) is 15.5. The van der Waals surface area contributed by atoms with Crippen LogP contribution in [0.2, 0.25) is 0 Å². The number of carbonyl (C=O) groups excluding carboxylic acids is 1. The summed E-state index contributed by atoms with van der Waals surface area (Å²) in [7, 11) is 1.55. The lowest BCUT2D eigenvalue weighted by Gasteiger charge is -2.21. The Balaban J connectivity index is 0.00000192. The fourth-order valence-corrected chi connectivity index (χ4v) is 2.89. The van der Waals surface area contributed by atoms with E-state index in [2.05, 4.69) is 24.3 Å². The van der Waals surface area contributed by atoms with Crippen LogP contribution in [0.3, 0.4) is 0 Å². The van der Waals surface area contributed by atoms with Gasteiger partial charge in [-0.05, 0) is 35.2 Å². The molecule has 122 valence electrons. The van der Waals surface area contributed by atoms with E-state index in [1.165, 1.54) is 16.7 Å². The third kappa shape index (κ3) is 3.55. The summed E-state index contributed by atoms with van der Waals surface area (Å²) >= 11 is 0. The van der Waals surface area contributed by atoms with Gasteiger partial charge in [0, 0.05) is 19.3 Å². The van der Waals surface area contributed by atoms with Crippen LogP contribution in [-0.2, 0) is 16.0 Å². The summed E-state index contributed by atoms with van der Waals surface area (Å²) in [6.07, 6.45) is 0.863. The van der Waals surface area contributed by atoms with Crippen molar-refractivity contribution in [2.24, 2.45) is 5.73 Å². The number of ether oxygens (including phenoxy) is 1. The Morgan fingerprint density at radius 2 is 1.96 bits per heavy atom. The number of anilines is 1. The van der Waals surface area contributed by atoms with Gasteiger partial charge in [0.2, 0.25) is 5.91 Å². The molecular formula is C18H21ClN2O2. The minimum atomic E-state index is -0.607. The highest BCUT2D eigenvalue weighted by molar-refractivity contribution is 5.99. The molecule has 2 aromatic rings. The van der Waals surface area contributed by atoms with Gasteiger partial charge in [0.15, 0.2) is 0 Å². The number of methoxy groups -OCH3 is 1. The Morgan fingerprint density at radius 1 is 1.22 bits per heavy atom. The van der Waals surface area contributed by atoms with Gasteiger partial charge in [-0.3, -0.25) is 4.79 Å². The van der Waals surface area contributed by atoms with Crippen molar-refractivity contribution in [3.63, 3.8) is 0 Å². The summed E-state index contributed by atoms with van der Waals surface area (Å²) in [5.41, 5.74) is 10.4. The minimum absolute atomic E-state index is 0. The first-order valence-electron chi connectivity index (χ1n) is 7.45. The summed E-state index contributed by atoms with van der Waals surface area (Å²) in [6, 6.07) is 15.9. The molecule has 2 aromatic carbocycles. The number of carbonyl (C=O) groups is 1. The number of hydrogen-bond acceptors (Lipinski definition) is 3. The maximum atomic E-state index is 12.4. The minimum Gasteiger partial charge on any atom is -0.383 e. The number of amides is 1. The number of nitrogens with zero attached hydrogens (tertiary/aromatic N) is 1. The van der Waals surface area contributed by atoms with Crippen LogP contribution in [0, 0.1) is 0 Å². The Morgan fingerprint density at radius 3 is 2.65 bits per heavy atom. The summed E-state index contributed by atoms with van der Waals surface area (Å²) in [5.74, 6) is -0.0759. The summed E-state index contributed by atoms with van der Waals surface area (Å²) in [5, 5.41) is 0. The number of rotatable bonds is 4. The van der Waals surface area contributed by atoms with Crippen molar-refractivity contribution in [3.05, 3.63) is 54.1 Å². The number of hydrogen-bond donors (Lipinski definition) is 1. The average molecular weight is 333 g/mol. The van der Waals surface area contributed by atoms with E-state index in [0.717, 1.165) is 12.1 Å². The van der Waals surface area contributed by atoms with Crippen LogP contribution in [0.1, 0.15) is 5.56 Å². The summed E-state index contributed by atoms with van der Waals surface area (Å²) < 4.78 is 4.98. The van der Waals surface area contributed by atoms with Crippen LogP contribution in [0.25, 0.3) is 11.1 Å². The first-order valence-corrected chi connectivity index (χ1v) is 7.45. The fraction of sp³-hybridized carbons (Fsp3) is 0.278. The quantitative estimate of drug-likeness (QED) is 0.936. The van der Waals surface area contributed by atoms with Crippen LogP contribution in [0.4, 0.5) is 5.69 Å². The summed E-state index contributed by atoms with van der Waals surface area (Å²) in [6.45, 7) is 0.927. The largest absolute Gasteiger partial charge is 0.383 e. The third-order valence-corrected chi connectivity index (χ3v) is 4.01. The SMILES string of the molecule is COCC(N)C(=O)N1CCc2cc(-c3ccccc3)ccc21.Cl. The molecule has 1 unspecified atom stereocenters. The van der Waals surface area contributed by atoms with E-state index in [4.69, 9.17) is 10.5 Å². The molecule has 0 saturated carbocycles. The van der Waals surface area contributed by atoms with E-state index in [1.807, 2.05) is 24.3 Å². The second-order valence-electron chi connectivity index (χ2n) is 5.51. The van der Waals surface area contributed by atoms with Crippen LogP contribution in [0.5, 0.6) is 0 Å². The molecule has 1 aliphatic rings. The molecule has 2 N–H and O–H groups in total. The molecule has 0 bridgehead atoms. The van der Waals surface area contributed by atoms with Crippen LogP contribution in [-0.4, -0.2) is 32.2 Å². The van der Waals surface area contributed by atoms with Crippen molar-refractivity contribution in [1.82, 2.24) is 0 Å². The van der Waals surface area contributed by atoms with E-state index in [-0.39, 0.29) is 24.9 Å². The lowest BCUT2D eigenvalue weighted by molar-refractivity contribution is -0.120. The number of benzene rings is 2. The van der Waals surface area contributed by atoms with E-state index in [9.17, 15) is 4.79 Å². The lowest BCUT2D eigenvalue weighted by atomic mass is 10.0. The molecule has 1 aliphatic heterocycles. The van der Waals surface area contributed by atoms with Gasteiger partial charge in [-0.25, -0.2) is 0 Å². The Hall–Kier alpha value is -1.88. The number of fused-ring (bicyclic) bond motifs is 1. The van der Waals surface area contributed by atoms with Gasteiger partial charge in [-0.1, -0.05) is 36.4 Å². The van der Waals surface area contributed by atoms with Gasteiger partial charge in [0.1, 0.15) is 6.04 Å². The molecule has 3 rings (SSSR count). The van der Waals surface area contributed by atoms with Crippen LogP contribution in [0.15, 0.2) is 48.5 Å². The smallest absolute Gasteiger partial charge is 0.246 e. The molecule has 4 nitrogen and oxygen atoms in total. The normalized spacial score (nSPS) is 14.1. The second kappa shape index (κ2) is 7.59. The fourth-order valence-electron chi connectivity index (χ4n) is 2.89. The lowest BCUT2D eigenvalue weighted by Crippen LogP contribution is -2.45. The van der Waals surface area contributed by atoms with Gasteiger partial charge in [0.05, 0.1) is 6.61 Å². The van der Waals surface area contributed by atoms with Crippen molar-refractivity contribution >= 4 is 24.0 Å². The molecule has 1 amide bonds. The Bertz CT molecular complexity index is 676. The Labute approximate surface area is 142 Å². The van der Waals surface area contributed by atoms with Crippen molar-refractivity contribution in [2.75, 3.05) is 25.2 Å². The second-order valence-corrected chi connectivity index (χ2v) is 5.51. The van der Waals surface area contributed by atoms with Crippen LogP contribution >= 0.6 is 12.4 Å². The number of nitrogens with two attached hydrogens (primary N) is 1. The van der Waals surface area contributed by atoms with Crippen molar-refractivity contribution in [3.8, 4) is 11.1 Å². The molecule has 1 heterocycles. The molecule has 0 radical (unpaired) electrons. The molecule has 0 aliphatic carbocycles. The van der Waals surface area contributed by atoms with Gasteiger partial charge in [-0.2, -0.15) is 0 Å². The van der Waals surface area contributed by atoms with Crippen LogP contribution < -0.4 is 10.6 Å². The number of halogens is 1. The maximum Gasteiger partial charge on any atom is 0.246 e. The molecule has 0 fully saturated rings. The molecule has 1 atom stereocenters. The van der Waals surface area contributed by atoms with Gasteiger partial charge in [0.25, 0.3) is 0 Å². The molecule has 5 heteroatoms. The molecule has 23 heavy (non-hydrogen) atoms. The first-order chi connectivity index (χ1) is 10.7. The predicted molar refractivity (Wildman–Crippen MR) is 95.0 cm³/mol. The highest BCUT2D eigenvalue weighted by Gasteiger charge is 2.28. The van der Waals surface area contributed by atoms with Gasteiger partial charge >= 0.3 is 0 Å². The Kier molecular flexibility index (Phi) is 5.77. The zero-order valence-electron chi connectivity index (χ0n) is 13.1. The van der Waals surface area contributed by atoms with E-state index < -0.39 is 6.04 Å². The first kappa shape index (κ1) is 17.5. The zero-order valence-corrected chi connectivity index (χ0v) is 13.9. The molecule has 0 aromatic heterocycles. The van der Waals surface area contributed by atoms with E-state index in [0.29, 0.717) is 6.54 Å². The topological polar surface area (TPSA) is 55.6 Å². The molecule has 0 spiro atoms. The van der Waals surface area contributed by atoms with Crippen molar-refractivity contribution < 1.29 is 9.53 Å². The molecule has 0 saturated heterocycles. The van der Waals surface area contributed by atoms with Crippen molar-refractivity contribution in [1.29, 1.82) is 0 Å². The van der Waals surface area contributed by atoms with E-state index >= 15 is 0 Å². The predicted octanol–water partition coefficient (Wildman–Crippen LogP) is 2.64. The monoisotopic (exact) mass is 332 g/mol. The highest BCUT2D eigenvalue weighted by Crippen LogP contribution is 2.32. The maximum absolute atomic E-state index is 12.4. The van der Waals surface area contributed by atoms with Gasteiger partial charge < -0.3 is 15.4 Å². The van der Waals surface area contributed by atoms with Gasteiger partial charge in [-0.15, -0.1) is 12.4 Å². The highest BCUT2D eigenvalue weighted by atomic mass is 35.5. The standard InChI is InChI=1S/C18H20N2O2.ClH/c1-22-12-16(19)18(21)20-10-9-15-11-14(7-8-17(15)20)13-5-3-2-4-6-13;/h2-8,11,16H,9-10,12,19H2,1H3;1H. The van der Waals surface area contributed by atoms with Crippen molar-refractivity contribution in [2.45, 2.75) is 12.5 Å².